The highest BCUT2D eigenvalue weighted by Crippen LogP contribution is 2.22. The van der Waals surface area contributed by atoms with Crippen molar-refractivity contribution in [2.24, 2.45) is 0 Å². The molecule has 0 radical (unpaired) electrons. The number of nitrogens with one attached hydrogen (secondary N) is 2. The molecular formula is C10H13N3O4. The topological polar surface area (TPSA) is 104 Å². The Morgan fingerprint density at radius 3 is 2.76 bits per heavy atom. The lowest BCUT2D eigenvalue weighted by Crippen LogP contribution is -2.38. The van der Waals surface area contributed by atoms with Gasteiger partial charge in [0.15, 0.2) is 0 Å². The van der Waals surface area contributed by atoms with Crippen LogP contribution in [-0.2, 0) is 0 Å². The zero-order chi connectivity index (χ0) is 12.8. The Morgan fingerprint density at radius 2 is 2.18 bits per heavy atom. The van der Waals surface area contributed by atoms with Crippen molar-refractivity contribution in [2.45, 2.75) is 13.0 Å². The van der Waals surface area contributed by atoms with Crippen LogP contribution in [0.3, 0.4) is 0 Å². The van der Waals surface area contributed by atoms with Gasteiger partial charge in [0.2, 0.25) is 0 Å². The van der Waals surface area contributed by atoms with E-state index < -0.39 is 17.0 Å². The van der Waals surface area contributed by atoms with Crippen LogP contribution >= 0.6 is 0 Å². The molecule has 0 bridgehead atoms. The van der Waals surface area contributed by atoms with Crippen molar-refractivity contribution in [1.82, 2.24) is 5.32 Å². The fourth-order valence-corrected chi connectivity index (χ4v) is 1.17. The summed E-state index contributed by atoms with van der Waals surface area (Å²) >= 11 is 0. The van der Waals surface area contributed by atoms with Crippen molar-refractivity contribution >= 4 is 17.4 Å². The number of aliphatic hydroxyl groups excluding tert-OH is 1. The van der Waals surface area contributed by atoms with Crippen LogP contribution in [0.4, 0.5) is 16.2 Å². The number of carbonyl (C=O) groups excluding carboxylic acids is 1. The summed E-state index contributed by atoms with van der Waals surface area (Å²) in [6, 6.07) is 4.81. The number of hydrogen-bond donors (Lipinski definition) is 3. The Kier molecular flexibility index (Phi) is 4.41. The number of anilines is 1. The zero-order valence-corrected chi connectivity index (χ0v) is 9.21. The summed E-state index contributed by atoms with van der Waals surface area (Å²) in [5, 5.41) is 24.2. The van der Waals surface area contributed by atoms with Crippen molar-refractivity contribution in [3.05, 3.63) is 34.4 Å². The molecule has 2 amide bonds. The second-order valence-electron chi connectivity index (χ2n) is 3.46. The Morgan fingerprint density at radius 1 is 1.53 bits per heavy atom. The third-order valence-corrected chi connectivity index (χ3v) is 2.00. The van der Waals surface area contributed by atoms with Gasteiger partial charge in [-0.2, -0.15) is 0 Å². The fourth-order valence-electron chi connectivity index (χ4n) is 1.17. The molecular weight excluding hydrogens is 226 g/mol. The minimum absolute atomic E-state index is 0.111. The number of aliphatic hydroxyl groups is 1. The minimum atomic E-state index is -0.596. The van der Waals surface area contributed by atoms with E-state index in [1.54, 1.807) is 13.0 Å². The molecule has 0 unspecified atom stereocenters. The molecule has 0 fully saturated rings. The van der Waals surface area contributed by atoms with Crippen molar-refractivity contribution < 1.29 is 14.8 Å². The Balaban J connectivity index is 2.74. The summed E-state index contributed by atoms with van der Waals surface area (Å²) in [6.45, 7) is 1.41. The largest absolute Gasteiger partial charge is 0.394 e. The monoisotopic (exact) mass is 239 g/mol. The second kappa shape index (κ2) is 5.80. The summed E-state index contributed by atoms with van der Waals surface area (Å²) in [4.78, 5) is 21.5. The number of nitro groups is 1. The van der Waals surface area contributed by atoms with Gasteiger partial charge < -0.3 is 15.7 Å². The van der Waals surface area contributed by atoms with Crippen LogP contribution in [0, 0.1) is 10.1 Å². The Hall–Kier alpha value is -2.15. The van der Waals surface area contributed by atoms with Crippen LogP contribution in [0.2, 0.25) is 0 Å². The molecule has 0 aromatic heterocycles. The van der Waals surface area contributed by atoms with Gasteiger partial charge in [0.05, 0.1) is 17.6 Å². The fraction of sp³-hybridized carbons (Fsp3) is 0.300. The summed E-state index contributed by atoms with van der Waals surface area (Å²) in [5.41, 5.74) is -0.0700. The molecule has 1 rings (SSSR count). The molecule has 0 aliphatic heterocycles. The Labute approximate surface area is 97.6 Å². The van der Waals surface area contributed by atoms with Gasteiger partial charge in [-0.1, -0.05) is 12.1 Å². The van der Waals surface area contributed by atoms with E-state index in [4.69, 9.17) is 5.11 Å². The summed E-state index contributed by atoms with van der Waals surface area (Å²) in [6.07, 6.45) is 0. The highest BCUT2D eigenvalue weighted by Gasteiger charge is 2.15. The van der Waals surface area contributed by atoms with Crippen molar-refractivity contribution in [1.29, 1.82) is 0 Å². The molecule has 0 aliphatic rings. The van der Waals surface area contributed by atoms with Crippen LogP contribution < -0.4 is 10.6 Å². The van der Waals surface area contributed by atoms with E-state index >= 15 is 0 Å². The molecule has 0 saturated heterocycles. The SMILES string of the molecule is C[C@H](CO)NC(=O)Nc1ccccc1[N+](=O)[O-]. The first-order valence-corrected chi connectivity index (χ1v) is 4.96. The van der Waals surface area contributed by atoms with Gasteiger partial charge in [-0.05, 0) is 13.0 Å². The molecule has 1 aromatic carbocycles. The number of urea groups is 1. The van der Waals surface area contributed by atoms with Crippen LogP contribution in [-0.4, -0.2) is 28.7 Å². The van der Waals surface area contributed by atoms with E-state index in [1.807, 2.05) is 0 Å². The third kappa shape index (κ3) is 3.72. The molecule has 1 aromatic rings. The Bertz CT molecular complexity index is 422. The average molecular weight is 239 g/mol. The smallest absolute Gasteiger partial charge is 0.319 e. The molecule has 0 heterocycles. The normalized spacial score (nSPS) is 11.6. The van der Waals surface area contributed by atoms with Crippen LogP contribution in [0.1, 0.15) is 6.92 Å². The lowest BCUT2D eigenvalue weighted by atomic mass is 10.2. The maximum atomic E-state index is 11.4. The third-order valence-electron chi connectivity index (χ3n) is 2.00. The number of hydrogen-bond acceptors (Lipinski definition) is 4. The molecule has 0 saturated carbocycles. The van der Waals surface area contributed by atoms with Gasteiger partial charge in [0.25, 0.3) is 5.69 Å². The summed E-state index contributed by atoms with van der Waals surface area (Å²) in [7, 11) is 0. The van der Waals surface area contributed by atoms with Crippen LogP contribution in [0.15, 0.2) is 24.3 Å². The van der Waals surface area contributed by atoms with Gasteiger partial charge in [0.1, 0.15) is 5.69 Å². The minimum Gasteiger partial charge on any atom is -0.394 e. The van der Waals surface area contributed by atoms with E-state index in [2.05, 4.69) is 10.6 Å². The zero-order valence-electron chi connectivity index (χ0n) is 9.21. The molecule has 7 nitrogen and oxygen atoms in total. The molecule has 92 valence electrons. The predicted molar refractivity (Wildman–Crippen MR) is 61.8 cm³/mol. The number of carbonyl (C=O) groups is 1. The van der Waals surface area contributed by atoms with Crippen LogP contribution in [0.25, 0.3) is 0 Å². The number of amides is 2. The first-order chi connectivity index (χ1) is 8.04. The van der Waals surface area contributed by atoms with E-state index in [0.717, 1.165) is 0 Å². The molecule has 0 spiro atoms. The molecule has 3 N–H and O–H groups in total. The molecule has 17 heavy (non-hydrogen) atoms. The summed E-state index contributed by atoms with van der Waals surface area (Å²) in [5.74, 6) is 0. The van der Waals surface area contributed by atoms with Crippen molar-refractivity contribution in [3.8, 4) is 0 Å². The highest BCUT2D eigenvalue weighted by molar-refractivity contribution is 5.91. The van der Waals surface area contributed by atoms with Crippen molar-refractivity contribution in [2.75, 3.05) is 11.9 Å². The van der Waals surface area contributed by atoms with Crippen molar-refractivity contribution in [3.63, 3.8) is 0 Å². The first-order valence-electron chi connectivity index (χ1n) is 4.96. The van der Waals surface area contributed by atoms with Crippen LogP contribution in [0.5, 0.6) is 0 Å². The molecule has 0 aliphatic carbocycles. The lowest BCUT2D eigenvalue weighted by molar-refractivity contribution is -0.383. The number of rotatable bonds is 4. The second-order valence-corrected chi connectivity index (χ2v) is 3.46. The van der Waals surface area contributed by atoms with E-state index in [0.29, 0.717) is 0 Å². The standard InChI is InChI=1S/C10H13N3O4/c1-7(6-14)11-10(15)12-8-4-2-3-5-9(8)13(16)17/h2-5,7,14H,6H2,1H3,(H2,11,12,15)/t7-/m1/s1. The predicted octanol–water partition coefficient (Wildman–Crippen LogP) is 1.10. The quantitative estimate of drug-likeness (QED) is 0.540. The number of para-hydroxylation sites is 2. The van der Waals surface area contributed by atoms with Gasteiger partial charge in [0, 0.05) is 6.07 Å². The van der Waals surface area contributed by atoms with E-state index in [-0.39, 0.29) is 18.0 Å². The van der Waals surface area contributed by atoms with E-state index in [9.17, 15) is 14.9 Å². The highest BCUT2D eigenvalue weighted by atomic mass is 16.6. The van der Waals surface area contributed by atoms with Gasteiger partial charge in [-0.3, -0.25) is 10.1 Å². The van der Waals surface area contributed by atoms with Gasteiger partial charge >= 0.3 is 6.03 Å². The first kappa shape index (κ1) is 12.9. The maximum absolute atomic E-state index is 11.4. The number of nitro benzene ring substituents is 1. The molecule has 1 atom stereocenters. The van der Waals surface area contributed by atoms with E-state index in [1.165, 1.54) is 18.2 Å². The number of nitrogens with zero attached hydrogens (tertiary/aromatic N) is 1. The maximum Gasteiger partial charge on any atom is 0.319 e. The lowest BCUT2D eigenvalue weighted by Gasteiger charge is -2.11. The van der Waals surface area contributed by atoms with Gasteiger partial charge in [-0.15, -0.1) is 0 Å². The molecule has 7 heteroatoms. The van der Waals surface area contributed by atoms with Gasteiger partial charge in [-0.25, -0.2) is 4.79 Å². The number of benzene rings is 1. The summed E-state index contributed by atoms with van der Waals surface area (Å²) < 4.78 is 0. The average Bonchev–Trinajstić information content (AvgIpc) is 2.29.